The van der Waals surface area contributed by atoms with E-state index in [-0.39, 0.29) is 24.0 Å². The molecule has 0 bridgehead atoms. The highest BCUT2D eigenvalue weighted by Crippen LogP contribution is 2.38. The van der Waals surface area contributed by atoms with Crippen LogP contribution in [0.25, 0.3) is 0 Å². The molecule has 2 atom stereocenters. The number of carbonyl (C=O) groups is 3. The molecule has 52 heavy (non-hydrogen) atoms. The molecule has 5 rings (SSSR count). The summed E-state index contributed by atoms with van der Waals surface area (Å²) in [7, 11) is 0. The first-order chi connectivity index (χ1) is 24.6. The molecule has 2 unspecified atom stereocenters. The Balaban J connectivity index is 0.000000521. The van der Waals surface area contributed by atoms with Gasteiger partial charge in [0, 0.05) is 55.9 Å². The number of pyridine rings is 1. The second kappa shape index (κ2) is 17.9. The van der Waals surface area contributed by atoms with Crippen molar-refractivity contribution in [2.45, 2.75) is 82.6 Å². The van der Waals surface area contributed by atoms with Crippen LogP contribution in [0, 0.1) is 5.92 Å². The Morgan fingerprint density at radius 3 is 2.31 bits per heavy atom. The standard InChI is InChI=1S/C31H38F3N3O5.C5H3F3OS/c1-2-7-26-23(9-5-16-37(26)30(41)24-20-35-15-12-25(24)31(32,33)34)29(40)36-17-13-21(14-18-36)22-8-3-4-10-27(22)42-19-6-11-28(38)39;6-5(7,8)4-1-3(9)2-10-4/h3-4,8,10,12,15,20-21,23,26H,2,5-7,9,11,13-14,16-19H2,1H3,(H,38,39);1-2,9H. The molecule has 2 saturated heterocycles. The zero-order valence-electron chi connectivity index (χ0n) is 28.5. The van der Waals surface area contributed by atoms with E-state index in [4.69, 9.17) is 14.9 Å². The first kappa shape index (κ1) is 40.4. The molecule has 284 valence electrons. The van der Waals surface area contributed by atoms with Crippen LogP contribution in [0.5, 0.6) is 11.5 Å². The number of rotatable bonds is 10. The van der Waals surface area contributed by atoms with Crippen molar-refractivity contribution >= 4 is 29.1 Å². The number of halogens is 6. The number of piperidine rings is 2. The van der Waals surface area contributed by atoms with Crippen LogP contribution in [-0.2, 0) is 21.9 Å². The number of carboxylic acid groups (broad SMARTS) is 1. The number of carbonyl (C=O) groups excluding carboxylic acids is 2. The molecule has 2 aliphatic heterocycles. The van der Waals surface area contributed by atoms with E-state index in [1.165, 1.54) is 4.90 Å². The van der Waals surface area contributed by atoms with Gasteiger partial charge in [-0.1, -0.05) is 31.5 Å². The summed E-state index contributed by atoms with van der Waals surface area (Å²) >= 11 is 0.481. The highest BCUT2D eigenvalue weighted by Gasteiger charge is 2.43. The normalized spacial score (nSPS) is 18.4. The molecule has 16 heteroatoms. The zero-order valence-corrected chi connectivity index (χ0v) is 29.3. The van der Waals surface area contributed by atoms with Crippen molar-refractivity contribution in [1.29, 1.82) is 0 Å². The van der Waals surface area contributed by atoms with Gasteiger partial charge < -0.3 is 24.7 Å². The van der Waals surface area contributed by atoms with E-state index >= 15 is 0 Å². The molecule has 0 saturated carbocycles. The number of para-hydroxylation sites is 1. The molecule has 2 aliphatic rings. The molecule has 2 N–H and O–H groups in total. The molecule has 9 nitrogen and oxygen atoms in total. The number of alkyl halides is 6. The number of nitrogens with zero attached hydrogens (tertiary/aromatic N) is 3. The van der Waals surface area contributed by atoms with Gasteiger partial charge in [0.05, 0.1) is 23.7 Å². The number of aliphatic carboxylic acids is 1. The van der Waals surface area contributed by atoms with E-state index < -0.39 is 52.2 Å². The number of likely N-dealkylation sites (tertiary alicyclic amines) is 2. The van der Waals surface area contributed by atoms with Gasteiger partial charge in [-0.3, -0.25) is 19.4 Å². The largest absolute Gasteiger partial charge is 0.507 e. The predicted octanol–water partition coefficient (Wildman–Crippen LogP) is 8.24. The van der Waals surface area contributed by atoms with Crippen LogP contribution in [0.1, 0.15) is 90.6 Å². The lowest BCUT2D eigenvalue weighted by molar-refractivity contribution is -0.141. The summed E-state index contributed by atoms with van der Waals surface area (Å²) < 4.78 is 82.0. The Kier molecular flexibility index (Phi) is 13.9. The average molecular weight is 758 g/mol. The molecule has 4 heterocycles. The van der Waals surface area contributed by atoms with Gasteiger partial charge in [0.1, 0.15) is 16.4 Å². The van der Waals surface area contributed by atoms with E-state index in [1.54, 1.807) is 0 Å². The maximum atomic E-state index is 13.8. The third-order valence-corrected chi connectivity index (χ3v) is 10.1. The van der Waals surface area contributed by atoms with E-state index in [0.717, 1.165) is 48.0 Å². The quantitative estimate of drug-likeness (QED) is 0.158. The Hall–Kier alpha value is -4.34. The van der Waals surface area contributed by atoms with Crippen molar-refractivity contribution in [3.8, 4) is 11.5 Å². The summed E-state index contributed by atoms with van der Waals surface area (Å²) in [4.78, 5) is 44.4. The van der Waals surface area contributed by atoms with Gasteiger partial charge in [-0.05, 0) is 62.1 Å². The highest BCUT2D eigenvalue weighted by atomic mass is 32.1. The first-order valence-electron chi connectivity index (χ1n) is 17.0. The second-order valence-electron chi connectivity index (χ2n) is 12.7. The number of carboxylic acids is 1. The van der Waals surface area contributed by atoms with Crippen LogP contribution >= 0.6 is 11.3 Å². The monoisotopic (exact) mass is 757 g/mol. The van der Waals surface area contributed by atoms with Crippen molar-refractivity contribution in [3.63, 3.8) is 0 Å². The van der Waals surface area contributed by atoms with Crippen molar-refractivity contribution in [2.24, 2.45) is 5.92 Å². The smallest absolute Gasteiger partial charge is 0.425 e. The summed E-state index contributed by atoms with van der Waals surface area (Å²) in [5.74, 6) is -1.56. The molecule has 2 amide bonds. The molecule has 0 spiro atoms. The van der Waals surface area contributed by atoms with E-state index in [0.29, 0.717) is 75.7 Å². The zero-order chi connectivity index (χ0) is 38.1. The fourth-order valence-electron chi connectivity index (χ4n) is 6.69. The van der Waals surface area contributed by atoms with Crippen molar-refractivity contribution in [2.75, 3.05) is 26.2 Å². The van der Waals surface area contributed by atoms with Crippen LogP contribution in [0.15, 0.2) is 54.2 Å². The van der Waals surface area contributed by atoms with Crippen LogP contribution in [0.2, 0.25) is 0 Å². The third-order valence-electron chi connectivity index (χ3n) is 9.12. The molecule has 1 aromatic carbocycles. The molecule has 3 aromatic rings. The number of ether oxygens (including phenoxy) is 1. The van der Waals surface area contributed by atoms with Crippen LogP contribution in [0.4, 0.5) is 26.3 Å². The summed E-state index contributed by atoms with van der Waals surface area (Å²) in [5, 5.41) is 18.4. The number of aromatic hydroxyl groups is 1. The fraction of sp³-hybridized carbons (Fsp3) is 0.500. The van der Waals surface area contributed by atoms with Gasteiger partial charge >= 0.3 is 18.3 Å². The number of thiophene rings is 1. The van der Waals surface area contributed by atoms with Gasteiger partial charge in [-0.15, -0.1) is 11.3 Å². The predicted molar refractivity (Wildman–Crippen MR) is 180 cm³/mol. The number of hydrogen-bond donors (Lipinski definition) is 2. The highest BCUT2D eigenvalue weighted by molar-refractivity contribution is 7.10. The maximum Gasteiger partial charge on any atom is 0.425 e. The molecule has 0 aliphatic carbocycles. The Labute approximate surface area is 301 Å². The minimum absolute atomic E-state index is 0.0393. The Morgan fingerprint density at radius 2 is 1.71 bits per heavy atom. The summed E-state index contributed by atoms with van der Waals surface area (Å²) in [6, 6.07) is 8.73. The first-order valence-corrected chi connectivity index (χ1v) is 17.9. The van der Waals surface area contributed by atoms with E-state index in [1.807, 2.05) is 36.1 Å². The second-order valence-corrected chi connectivity index (χ2v) is 13.6. The van der Waals surface area contributed by atoms with Gasteiger partial charge in [-0.2, -0.15) is 26.3 Å². The molecule has 2 fully saturated rings. The van der Waals surface area contributed by atoms with E-state index in [9.17, 15) is 40.7 Å². The lowest BCUT2D eigenvalue weighted by Crippen LogP contribution is -2.54. The number of aromatic nitrogens is 1. The van der Waals surface area contributed by atoms with Crippen LogP contribution < -0.4 is 4.74 Å². The minimum atomic E-state index is -4.69. The molecular weight excluding hydrogens is 716 g/mol. The molecule has 2 aromatic heterocycles. The number of amides is 2. The Bertz CT molecular complexity index is 1660. The van der Waals surface area contributed by atoms with Gasteiger partial charge in [0.15, 0.2) is 0 Å². The van der Waals surface area contributed by atoms with Crippen LogP contribution in [-0.4, -0.2) is 75.1 Å². The number of benzene rings is 1. The SMILES string of the molecule is CCCC1C(C(=O)N2CCC(c3ccccc3OCCCC(=O)O)CC2)CCCN1C(=O)c1cnccc1C(F)(F)F.Oc1csc(C(F)(F)F)c1. The topological polar surface area (TPSA) is 120 Å². The lowest BCUT2D eigenvalue weighted by Gasteiger charge is -2.43. The van der Waals surface area contributed by atoms with Gasteiger partial charge in [0.25, 0.3) is 5.91 Å². The molecular formula is C36H41F6N3O6S. The van der Waals surface area contributed by atoms with Crippen molar-refractivity contribution < 1.29 is 55.7 Å². The average Bonchev–Trinajstić information content (AvgIpc) is 3.57. The molecule has 0 radical (unpaired) electrons. The fourth-order valence-corrected chi connectivity index (χ4v) is 7.33. The maximum absolute atomic E-state index is 13.8. The van der Waals surface area contributed by atoms with Gasteiger partial charge in [-0.25, -0.2) is 0 Å². The lowest BCUT2D eigenvalue weighted by atomic mass is 9.83. The third kappa shape index (κ3) is 10.6. The summed E-state index contributed by atoms with van der Waals surface area (Å²) in [5.41, 5.74) is -0.460. The Morgan fingerprint density at radius 1 is 1.00 bits per heavy atom. The minimum Gasteiger partial charge on any atom is -0.507 e. The van der Waals surface area contributed by atoms with Crippen LogP contribution in [0.3, 0.4) is 0 Å². The van der Waals surface area contributed by atoms with Gasteiger partial charge in [0.2, 0.25) is 5.91 Å². The number of hydrogen-bond acceptors (Lipinski definition) is 7. The summed E-state index contributed by atoms with van der Waals surface area (Å²) in [6.45, 7) is 3.60. The van der Waals surface area contributed by atoms with Crippen molar-refractivity contribution in [1.82, 2.24) is 14.8 Å². The van der Waals surface area contributed by atoms with Crippen molar-refractivity contribution in [3.05, 3.63) is 75.7 Å². The summed E-state index contributed by atoms with van der Waals surface area (Å²) in [6.07, 6.45) is -2.80. The van der Waals surface area contributed by atoms with E-state index in [2.05, 4.69) is 4.98 Å².